The van der Waals surface area contributed by atoms with Crippen molar-refractivity contribution < 1.29 is 25.2 Å². The van der Waals surface area contributed by atoms with E-state index in [0.717, 1.165) is 27.4 Å². The molecule has 0 spiro atoms. The molecule has 6 nitrogen and oxygen atoms in total. The largest absolute Gasteiger partial charge is 0.394 e. The molecule has 0 bridgehead atoms. The van der Waals surface area contributed by atoms with Gasteiger partial charge in [-0.2, -0.15) is 0 Å². The highest BCUT2D eigenvalue weighted by Gasteiger charge is 2.43. The average Bonchev–Trinajstić information content (AvgIpc) is 3.19. The predicted molar refractivity (Wildman–Crippen MR) is 110 cm³/mol. The second kappa shape index (κ2) is 8.31. The third-order valence-electron chi connectivity index (χ3n) is 5.24. The average molecular weight is 413 g/mol. The standard InChI is InChI=1S/C22H23NO5S/c1-12-23-17(11-29-12)14-7-5-13(6-8-14)15-3-2-4-16(9-15)22-21(27)20(26)19(25)18(10-24)28-22/h2-9,11,18-22,24-27H,10H2,1H3/t18-,19-,20+,21+,22-/m1/s1. The summed E-state index contributed by atoms with van der Waals surface area (Å²) in [6.45, 7) is 1.53. The lowest BCUT2D eigenvalue weighted by Crippen LogP contribution is -2.55. The molecule has 0 amide bonds. The number of benzene rings is 2. The summed E-state index contributed by atoms with van der Waals surface area (Å²) in [6, 6.07) is 15.5. The van der Waals surface area contributed by atoms with Crippen LogP contribution in [-0.4, -0.2) is 56.4 Å². The summed E-state index contributed by atoms with van der Waals surface area (Å²) >= 11 is 1.62. The van der Waals surface area contributed by atoms with Crippen LogP contribution in [0.15, 0.2) is 53.9 Å². The van der Waals surface area contributed by atoms with Gasteiger partial charge in [-0.05, 0) is 29.7 Å². The van der Waals surface area contributed by atoms with Gasteiger partial charge in [-0.15, -0.1) is 11.3 Å². The maximum absolute atomic E-state index is 10.4. The van der Waals surface area contributed by atoms with E-state index < -0.39 is 37.1 Å². The lowest BCUT2D eigenvalue weighted by Gasteiger charge is -2.40. The van der Waals surface area contributed by atoms with Gasteiger partial charge in [-0.25, -0.2) is 4.98 Å². The van der Waals surface area contributed by atoms with E-state index in [-0.39, 0.29) is 0 Å². The number of aromatic nitrogens is 1. The molecule has 0 radical (unpaired) electrons. The SMILES string of the molecule is Cc1nc(-c2ccc(-c3cccc([C@H]4O[C@H](CO)[C@@H](O)[C@H](O)[C@@H]4O)c3)cc2)cs1. The number of rotatable bonds is 4. The molecule has 152 valence electrons. The van der Waals surface area contributed by atoms with Crippen LogP contribution in [0.25, 0.3) is 22.4 Å². The van der Waals surface area contributed by atoms with Gasteiger partial charge in [-0.1, -0.05) is 42.5 Å². The Morgan fingerprint density at radius 1 is 0.931 bits per heavy atom. The van der Waals surface area contributed by atoms with Gasteiger partial charge in [0.1, 0.15) is 30.5 Å². The first-order chi connectivity index (χ1) is 14.0. The van der Waals surface area contributed by atoms with Gasteiger partial charge in [0.25, 0.3) is 0 Å². The van der Waals surface area contributed by atoms with E-state index in [1.54, 1.807) is 17.4 Å². The molecule has 5 atom stereocenters. The molecule has 7 heteroatoms. The van der Waals surface area contributed by atoms with Crippen molar-refractivity contribution in [2.75, 3.05) is 6.61 Å². The topological polar surface area (TPSA) is 103 Å². The third-order valence-corrected chi connectivity index (χ3v) is 6.01. The molecule has 1 fully saturated rings. The molecule has 1 aliphatic heterocycles. The maximum Gasteiger partial charge on any atom is 0.113 e. The van der Waals surface area contributed by atoms with Gasteiger partial charge < -0.3 is 25.2 Å². The Balaban J connectivity index is 1.60. The van der Waals surface area contributed by atoms with Gasteiger partial charge >= 0.3 is 0 Å². The molecule has 3 aromatic rings. The highest BCUT2D eigenvalue weighted by atomic mass is 32.1. The van der Waals surface area contributed by atoms with Crippen molar-refractivity contribution in [3.63, 3.8) is 0 Å². The first-order valence-electron chi connectivity index (χ1n) is 9.41. The Hall–Kier alpha value is -2.13. The molecule has 1 aliphatic rings. The van der Waals surface area contributed by atoms with Crippen molar-refractivity contribution in [1.29, 1.82) is 0 Å². The van der Waals surface area contributed by atoms with Crippen LogP contribution in [0.3, 0.4) is 0 Å². The second-order valence-corrected chi connectivity index (χ2v) is 8.27. The van der Waals surface area contributed by atoms with Crippen molar-refractivity contribution in [1.82, 2.24) is 4.98 Å². The van der Waals surface area contributed by atoms with E-state index in [4.69, 9.17) is 4.74 Å². The van der Waals surface area contributed by atoms with Crippen LogP contribution in [-0.2, 0) is 4.74 Å². The van der Waals surface area contributed by atoms with E-state index in [1.165, 1.54) is 0 Å². The number of thiazole rings is 1. The van der Waals surface area contributed by atoms with Crippen LogP contribution in [0.5, 0.6) is 0 Å². The van der Waals surface area contributed by atoms with Gasteiger partial charge in [0, 0.05) is 10.9 Å². The van der Waals surface area contributed by atoms with Crippen LogP contribution >= 0.6 is 11.3 Å². The van der Waals surface area contributed by atoms with Crippen molar-refractivity contribution in [2.24, 2.45) is 0 Å². The summed E-state index contributed by atoms with van der Waals surface area (Å²) in [4.78, 5) is 4.50. The fraction of sp³-hybridized carbons (Fsp3) is 0.318. The lowest BCUT2D eigenvalue weighted by molar-refractivity contribution is -0.231. The van der Waals surface area contributed by atoms with Crippen LogP contribution in [0.2, 0.25) is 0 Å². The molecule has 29 heavy (non-hydrogen) atoms. The van der Waals surface area contributed by atoms with E-state index >= 15 is 0 Å². The number of ether oxygens (including phenoxy) is 1. The number of aryl methyl sites for hydroxylation is 1. The number of nitrogens with zero attached hydrogens (tertiary/aromatic N) is 1. The highest BCUT2D eigenvalue weighted by molar-refractivity contribution is 7.09. The van der Waals surface area contributed by atoms with Gasteiger partial charge in [0.15, 0.2) is 0 Å². The van der Waals surface area contributed by atoms with Crippen LogP contribution in [0, 0.1) is 6.92 Å². The summed E-state index contributed by atoms with van der Waals surface area (Å²) in [5.74, 6) is 0. The molecule has 1 aromatic heterocycles. The molecule has 1 saturated heterocycles. The number of hydrogen-bond acceptors (Lipinski definition) is 7. The second-order valence-electron chi connectivity index (χ2n) is 7.20. The van der Waals surface area contributed by atoms with Crippen molar-refractivity contribution in [2.45, 2.75) is 37.4 Å². The molecule has 0 saturated carbocycles. The molecular weight excluding hydrogens is 390 g/mol. The molecule has 4 rings (SSSR count). The van der Waals surface area contributed by atoms with E-state index in [2.05, 4.69) is 4.98 Å². The van der Waals surface area contributed by atoms with Gasteiger partial charge in [-0.3, -0.25) is 0 Å². The summed E-state index contributed by atoms with van der Waals surface area (Å²) in [5.41, 5.74) is 4.59. The number of aliphatic hydroxyl groups excluding tert-OH is 4. The first-order valence-corrected chi connectivity index (χ1v) is 10.3. The molecule has 2 aromatic carbocycles. The quantitative estimate of drug-likeness (QED) is 0.523. The molecule has 2 heterocycles. The molecular formula is C22H23NO5S. The Kier molecular flexibility index (Phi) is 5.78. The van der Waals surface area contributed by atoms with E-state index in [1.807, 2.05) is 54.8 Å². The normalized spacial score (nSPS) is 27.1. The van der Waals surface area contributed by atoms with E-state index in [9.17, 15) is 20.4 Å². The predicted octanol–water partition coefficient (Wildman–Crippen LogP) is 2.30. The fourth-order valence-corrected chi connectivity index (χ4v) is 4.22. The zero-order valence-corrected chi connectivity index (χ0v) is 16.7. The zero-order valence-electron chi connectivity index (χ0n) is 15.8. The van der Waals surface area contributed by atoms with Crippen molar-refractivity contribution in [3.05, 3.63) is 64.5 Å². The molecule has 0 aliphatic carbocycles. The minimum absolute atomic E-state index is 0.446. The fourth-order valence-electron chi connectivity index (χ4n) is 3.60. The lowest BCUT2D eigenvalue weighted by atomic mass is 9.90. The summed E-state index contributed by atoms with van der Waals surface area (Å²) in [5, 5.41) is 42.9. The van der Waals surface area contributed by atoms with Crippen molar-refractivity contribution >= 4 is 11.3 Å². The van der Waals surface area contributed by atoms with E-state index in [0.29, 0.717) is 5.56 Å². The van der Waals surface area contributed by atoms with Gasteiger partial charge in [0.05, 0.1) is 17.3 Å². The van der Waals surface area contributed by atoms with Crippen LogP contribution < -0.4 is 0 Å². The number of hydrogen-bond donors (Lipinski definition) is 4. The summed E-state index contributed by atoms with van der Waals surface area (Å²) in [7, 11) is 0. The maximum atomic E-state index is 10.4. The third kappa shape index (κ3) is 3.98. The minimum atomic E-state index is -1.39. The smallest absolute Gasteiger partial charge is 0.113 e. The molecule has 0 unspecified atom stereocenters. The van der Waals surface area contributed by atoms with Crippen molar-refractivity contribution in [3.8, 4) is 22.4 Å². The number of aliphatic hydroxyl groups is 4. The Bertz CT molecular complexity index is 971. The monoisotopic (exact) mass is 413 g/mol. The minimum Gasteiger partial charge on any atom is -0.394 e. The Morgan fingerprint density at radius 2 is 1.66 bits per heavy atom. The Labute approximate surface area is 172 Å². The Morgan fingerprint density at radius 3 is 2.31 bits per heavy atom. The van der Waals surface area contributed by atoms with Crippen LogP contribution in [0.1, 0.15) is 16.7 Å². The van der Waals surface area contributed by atoms with Gasteiger partial charge in [0.2, 0.25) is 0 Å². The van der Waals surface area contributed by atoms with Crippen LogP contribution in [0.4, 0.5) is 0 Å². The molecule has 4 N–H and O–H groups in total. The zero-order chi connectivity index (χ0) is 20.5. The first kappa shape index (κ1) is 20.2. The highest BCUT2D eigenvalue weighted by Crippen LogP contribution is 2.34. The summed E-state index contributed by atoms with van der Waals surface area (Å²) in [6.07, 6.45) is -5.82. The summed E-state index contributed by atoms with van der Waals surface area (Å²) < 4.78 is 5.67.